The molecule has 0 unspecified atom stereocenters. The van der Waals surface area contributed by atoms with E-state index in [0.29, 0.717) is 5.82 Å². The number of nitrogens with zero attached hydrogens (tertiary/aromatic N) is 4. The van der Waals surface area contributed by atoms with Crippen LogP contribution in [0.2, 0.25) is 0 Å². The molecule has 2 heterocycles. The third-order valence-electron chi connectivity index (χ3n) is 3.21. The molecule has 2 aromatic heterocycles. The molecule has 3 aromatic rings. The van der Waals surface area contributed by atoms with Gasteiger partial charge in [0.2, 0.25) is 0 Å². The zero-order chi connectivity index (χ0) is 14.1. The van der Waals surface area contributed by atoms with Crippen LogP contribution in [0.4, 0.5) is 5.82 Å². The van der Waals surface area contributed by atoms with E-state index in [1.807, 2.05) is 61.0 Å². The first-order chi connectivity index (χ1) is 9.66. The van der Waals surface area contributed by atoms with Crippen molar-refractivity contribution in [3.63, 3.8) is 0 Å². The van der Waals surface area contributed by atoms with Gasteiger partial charge in [-0.15, -0.1) is 10.2 Å². The highest BCUT2D eigenvalue weighted by Gasteiger charge is 2.13. The Kier molecular flexibility index (Phi) is 3.12. The van der Waals surface area contributed by atoms with Crippen molar-refractivity contribution in [2.45, 2.75) is 6.54 Å². The lowest BCUT2D eigenvalue weighted by atomic mass is 10.2. The van der Waals surface area contributed by atoms with E-state index in [2.05, 4.69) is 15.1 Å². The SMILES string of the molecule is CN(C)Cc1ccc2nnc(-c3ccccc3)n2c1N. The summed E-state index contributed by atoms with van der Waals surface area (Å²) in [5, 5.41) is 8.46. The highest BCUT2D eigenvalue weighted by atomic mass is 15.3. The minimum absolute atomic E-state index is 0.694. The maximum absolute atomic E-state index is 6.31. The van der Waals surface area contributed by atoms with Gasteiger partial charge in [-0.05, 0) is 20.2 Å². The van der Waals surface area contributed by atoms with Gasteiger partial charge in [0.15, 0.2) is 11.5 Å². The number of fused-ring (bicyclic) bond motifs is 1. The first kappa shape index (κ1) is 12.6. The van der Waals surface area contributed by atoms with Gasteiger partial charge in [-0.3, -0.25) is 4.40 Å². The topological polar surface area (TPSA) is 59.5 Å². The lowest BCUT2D eigenvalue weighted by Gasteiger charge is -2.13. The molecule has 0 bridgehead atoms. The number of pyridine rings is 1. The molecule has 0 spiro atoms. The molecule has 3 rings (SSSR count). The van der Waals surface area contributed by atoms with Gasteiger partial charge in [-0.2, -0.15) is 0 Å². The monoisotopic (exact) mass is 267 g/mol. The van der Waals surface area contributed by atoms with Crippen molar-refractivity contribution in [2.24, 2.45) is 0 Å². The minimum Gasteiger partial charge on any atom is -0.384 e. The standard InChI is InChI=1S/C15H17N5/c1-19(2)10-12-8-9-13-17-18-15(20(13)14(12)16)11-6-4-3-5-7-11/h3-9H,10,16H2,1-2H3. The molecule has 0 fully saturated rings. The molecule has 5 nitrogen and oxygen atoms in total. The van der Waals surface area contributed by atoms with E-state index in [-0.39, 0.29) is 0 Å². The second-order valence-corrected chi connectivity index (χ2v) is 5.06. The summed E-state index contributed by atoms with van der Waals surface area (Å²) < 4.78 is 1.91. The second kappa shape index (κ2) is 4.94. The van der Waals surface area contributed by atoms with E-state index in [4.69, 9.17) is 5.73 Å². The first-order valence-corrected chi connectivity index (χ1v) is 6.49. The van der Waals surface area contributed by atoms with Crippen LogP contribution in [-0.4, -0.2) is 33.6 Å². The minimum atomic E-state index is 0.694. The Labute approximate surface area is 117 Å². The largest absolute Gasteiger partial charge is 0.384 e. The zero-order valence-electron chi connectivity index (χ0n) is 11.6. The van der Waals surface area contributed by atoms with Crippen molar-refractivity contribution in [2.75, 3.05) is 19.8 Å². The first-order valence-electron chi connectivity index (χ1n) is 6.49. The third-order valence-corrected chi connectivity index (χ3v) is 3.21. The molecule has 0 aliphatic heterocycles. The molecule has 0 aliphatic carbocycles. The fourth-order valence-corrected chi connectivity index (χ4v) is 2.29. The van der Waals surface area contributed by atoms with Crippen LogP contribution in [0.3, 0.4) is 0 Å². The Hall–Kier alpha value is -2.40. The predicted octanol–water partition coefficient (Wildman–Crippen LogP) is 2.04. The summed E-state index contributed by atoms with van der Waals surface area (Å²) in [4.78, 5) is 2.09. The molecule has 0 saturated heterocycles. The quantitative estimate of drug-likeness (QED) is 0.789. The summed E-state index contributed by atoms with van der Waals surface area (Å²) in [5.74, 6) is 1.47. The zero-order valence-corrected chi connectivity index (χ0v) is 11.6. The average Bonchev–Trinajstić information content (AvgIpc) is 2.87. The van der Waals surface area contributed by atoms with Crippen LogP contribution in [0.25, 0.3) is 17.0 Å². The molecule has 2 N–H and O–H groups in total. The van der Waals surface area contributed by atoms with Gasteiger partial charge in [0.25, 0.3) is 0 Å². The highest BCUT2D eigenvalue weighted by molar-refractivity contribution is 5.64. The Morgan fingerprint density at radius 1 is 1.05 bits per heavy atom. The molecule has 5 heteroatoms. The van der Waals surface area contributed by atoms with E-state index in [1.54, 1.807) is 0 Å². The third kappa shape index (κ3) is 2.12. The number of rotatable bonds is 3. The molecular formula is C15H17N5. The van der Waals surface area contributed by atoms with Crippen molar-refractivity contribution >= 4 is 11.5 Å². The molecule has 0 aliphatic rings. The van der Waals surface area contributed by atoms with Crippen LogP contribution >= 0.6 is 0 Å². The van der Waals surface area contributed by atoms with Gasteiger partial charge < -0.3 is 10.6 Å². The summed E-state index contributed by atoms with van der Waals surface area (Å²) >= 11 is 0. The van der Waals surface area contributed by atoms with Gasteiger partial charge in [-0.25, -0.2) is 0 Å². The number of anilines is 1. The summed E-state index contributed by atoms with van der Waals surface area (Å²) in [6.07, 6.45) is 0. The van der Waals surface area contributed by atoms with E-state index in [9.17, 15) is 0 Å². The number of nitrogen functional groups attached to an aromatic ring is 1. The van der Waals surface area contributed by atoms with Gasteiger partial charge >= 0.3 is 0 Å². The van der Waals surface area contributed by atoms with Crippen molar-refractivity contribution in [1.29, 1.82) is 0 Å². The van der Waals surface area contributed by atoms with E-state index in [0.717, 1.165) is 29.1 Å². The van der Waals surface area contributed by atoms with Crippen LogP contribution in [0, 0.1) is 0 Å². The molecule has 102 valence electrons. The average molecular weight is 267 g/mol. The normalized spacial score (nSPS) is 11.3. The summed E-state index contributed by atoms with van der Waals surface area (Å²) in [6.45, 7) is 0.786. The molecule has 0 atom stereocenters. The fourth-order valence-electron chi connectivity index (χ4n) is 2.29. The molecule has 0 saturated carbocycles. The van der Waals surface area contributed by atoms with E-state index >= 15 is 0 Å². The molecule has 0 amide bonds. The van der Waals surface area contributed by atoms with Crippen LogP contribution in [-0.2, 0) is 6.54 Å². The summed E-state index contributed by atoms with van der Waals surface area (Å²) in [6, 6.07) is 13.9. The van der Waals surface area contributed by atoms with Crippen LogP contribution in [0.1, 0.15) is 5.56 Å². The van der Waals surface area contributed by atoms with Crippen molar-refractivity contribution in [3.8, 4) is 11.4 Å². The lowest BCUT2D eigenvalue weighted by molar-refractivity contribution is 0.402. The second-order valence-electron chi connectivity index (χ2n) is 5.06. The van der Waals surface area contributed by atoms with Crippen molar-refractivity contribution in [3.05, 3.63) is 48.0 Å². The van der Waals surface area contributed by atoms with Crippen LogP contribution in [0.15, 0.2) is 42.5 Å². The Morgan fingerprint density at radius 3 is 2.50 bits per heavy atom. The van der Waals surface area contributed by atoms with Crippen LogP contribution < -0.4 is 5.73 Å². The van der Waals surface area contributed by atoms with E-state index < -0.39 is 0 Å². The smallest absolute Gasteiger partial charge is 0.169 e. The van der Waals surface area contributed by atoms with Crippen molar-refractivity contribution in [1.82, 2.24) is 19.5 Å². The number of nitrogens with two attached hydrogens (primary N) is 1. The molecular weight excluding hydrogens is 250 g/mol. The number of hydrogen-bond acceptors (Lipinski definition) is 4. The van der Waals surface area contributed by atoms with E-state index in [1.165, 1.54) is 0 Å². The molecule has 1 aromatic carbocycles. The lowest BCUT2D eigenvalue weighted by Crippen LogP contribution is -2.14. The van der Waals surface area contributed by atoms with Crippen LogP contribution in [0.5, 0.6) is 0 Å². The predicted molar refractivity (Wildman–Crippen MR) is 80.2 cm³/mol. The number of hydrogen-bond donors (Lipinski definition) is 1. The molecule has 20 heavy (non-hydrogen) atoms. The Balaban J connectivity index is 2.20. The summed E-state index contributed by atoms with van der Waals surface area (Å²) in [7, 11) is 4.04. The fraction of sp³-hybridized carbons (Fsp3) is 0.200. The Bertz CT molecular complexity index is 731. The molecule has 0 radical (unpaired) electrons. The Morgan fingerprint density at radius 2 is 1.80 bits per heavy atom. The van der Waals surface area contributed by atoms with Gasteiger partial charge in [-0.1, -0.05) is 36.4 Å². The maximum atomic E-state index is 6.31. The number of aromatic nitrogens is 3. The van der Waals surface area contributed by atoms with Gasteiger partial charge in [0.05, 0.1) is 0 Å². The van der Waals surface area contributed by atoms with Crippen molar-refractivity contribution < 1.29 is 0 Å². The van der Waals surface area contributed by atoms with Gasteiger partial charge in [0.1, 0.15) is 5.82 Å². The number of benzene rings is 1. The maximum Gasteiger partial charge on any atom is 0.169 e. The highest BCUT2D eigenvalue weighted by Crippen LogP contribution is 2.23. The van der Waals surface area contributed by atoms with Gasteiger partial charge in [0, 0.05) is 17.7 Å². The summed E-state index contributed by atoms with van der Waals surface area (Å²) in [5.41, 5.74) is 9.15.